The Morgan fingerprint density at radius 2 is 1.70 bits per heavy atom. The predicted molar refractivity (Wildman–Crippen MR) is 175 cm³/mol. The molecule has 242 valence electrons. The van der Waals surface area contributed by atoms with Gasteiger partial charge in [0.25, 0.3) is 0 Å². The molecule has 0 aromatic heterocycles. The average Bonchev–Trinajstić information content (AvgIpc) is 3.03. The van der Waals surface area contributed by atoms with Crippen LogP contribution in [-0.2, 0) is 25.6 Å². The molecule has 11 heteroatoms. The number of carbonyl (C=O) groups is 3. The lowest BCUT2D eigenvalue weighted by atomic mass is 9.95. The molecule has 2 amide bonds. The lowest BCUT2D eigenvalue weighted by Crippen LogP contribution is -2.39. The highest BCUT2D eigenvalue weighted by Gasteiger charge is 2.27. The van der Waals surface area contributed by atoms with Crippen LogP contribution in [0.25, 0.3) is 11.4 Å². The number of amides is 2. The standard InChI is InChI=1S/C27H38N6O3.C6H12O2/c1-3-4-9-15-31-27(35)36-18-17-33(29)26-22-12-7-8-13-23(22)32(24(34)14-16-30-2)19-20-10-5-6-11-21(20)25(26)28;1-2-5-8-6-3-4-7/h5-8,10-13,30H,3-4,9,14-19,28-29H2,1-2H3,(H,31,35);4H,2-3,5-6H2,1H3/b26-25-;. The second-order valence-electron chi connectivity index (χ2n) is 10.3. The maximum atomic E-state index is 13.3. The Morgan fingerprint density at radius 1 is 0.977 bits per heavy atom. The van der Waals surface area contributed by atoms with Crippen molar-refractivity contribution in [2.75, 3.05) is 51.4 Å². The van der Waals surface area contributed by atoms with Crippen LogP contribution in [0.5, 0.6) is 0 Å². The second kappa shape index (κ2) is 20.9. The van der Waals surface area contributed by atoms with Gasteiger partial charge in [-0.15, -0.1) is 0 Å². The van der Waals surface area contributed by atoms with Gasteiger partial charge in [0.05, 0.1) is 36.8 Å². The molecule has 1 aliphatic heterocycles. The number of nitrogens with one attached hydrogen (secondary N) is 2. The molecule has 3 rings (SSSR count). The molecule has 0 radical (unpaired) electrons. The van der Waals surface area contributed by atoms with Crippen LogP contribution in [0.3, 0.4) is 0 Å². The first-order chi connectivity index (χ1) is 21.4. The summed E-state index contributed by atoms with van der Waals surface area (Å²) in [5.74, 6) is 6.53. The van der Waals surface area contributed by atoms with Crippen molar-refractivity contribution in [3.63, 3.8) is 0 Å². The Labute approximate surface area is 261 Å². The number of hydrazine groups is 1. The molecule has 2 aromatic rings. The first-order valence-electron chi connectivity index (χ1n) is 15.5. The van der Waals surface area contributed by atoms with E-state index in [2.05, 4.69) is 17.6 Å². The van der Waals surface area contributed by atoms with E-state index in [9.17, 15) is 14.4 Å². The topological polar surface area (TPSA) is 152 Å². The number of carbonyl (C=O) groups excluding carboxylic acids is 3. The number of unbranched alkanes of at least 4 members (excludes halogenated alkanes) is 2. The van der Waals surface area contributed by atoms with E-state index in [-0.39, 0.29) is 19.1 Å². The summed E-state index contributed by atoms with van der Waals surface area (Å²) in [4.78, 5) is 36.7. The van der Waals surface area contributed by atoms with Gasteiger partial charge in [0.15, 0.2) is 0 Å². The van der Waals surface area contributed by atoms with E-state index in [1.54, 1.807) is 4.90 Å². The van der Waals surface area contributed by atoms with Crippen LogP contribution in [0, 0.1) is 0 Å². The Morgan fingerprint density at radius 3 is 2.41 bits per heavy atom. The van der Waals surface area contributed by atoms with Crippen LogP contribution in [0.15, 0.2) is 48.5 Å². The molecule has 0 aliphatic carbocycles. The summed E-state index contributed by atoms with van der Waals surface area (Å²) in [6.07, 6.45) is 5.37. The maximum absolute atomic E-state index is 13.3. The third-order valence-electron chi connectivity index (χ3n) is 6.86. The molecule has 0 fully saturated rings. The van der Waals surface area contributed by atoms with Gasteiger partial charge in [-0.3, -0.25) is 4.79 Å². The molecule has 0 unspecified atom stereocenters. The van der Waals surface area contributed by atoms with E-state index >= 15 is 0 Å². The summed E-state index contributed by atoms with van der Waals surface area (Å²) in [6.45, 7) is 7.37. The van der Waals surface area contributed by atoms with Gasteiger partial charge in [0, 0.05) is 43.7 Å². The summed E-state index contributed by atoms with van der Waals surface area (Å²) in [6, 6.07) is 15.4. The Balaban J connectivity index is 0.000000742. The Bertz CT molecular complexity index is 1200. The molecular formula is C33H50N6O5. The molecule has 0 saturated heterocycles. The van der Waals surface area contributed by atoms with Crippen LogP contribution in [-0.4, -0.2) is 69.8 Å². The van der Waals surface area contributed by atoms with Gasteiger partial charge in [0.1, 0.15) is 12.9 Å². The number of hydrogen-bond donors (Lipinski definition) is 4. The van der Waals surface area contributed by atoms with Crippen LogP contribution in [0.2, 0.25) is 0 Å². The fourth-order valence-electron chi connectivity index (χ4n) is 4.60. The molecule has 2 aromatic carbocycles. The monoisotopic (exact) mass is 610 g/mol. The first kappa shape index (κ1) is 36.3. The quantitative estimate of drug-likeness (QED) is 0.0956. The van der Waals surface area contributed by atoms with Gasteiger partial charge in [-0.25, -0.2) is 10.6 Å². The fraction of sp³-hybridized carbons (Fsp3) is 0.485. The van der Waals surface area contributed by atoms with Crippen molar-refractivity contribution < 1.29 is 23.9 Å². The van der Waals surface area contributed by atoms with Crippen LogP contribution in [0.1, 0.15) is 69.1 Å². The van der Waals surface area contributed by atoms with Gasteiger partial charge in [-0.2, -0.15) is 0 Å². The summed E-state index contributed by atoms with van der Waals surface area (Å²) in [7, 11) is 1.82. The highest BCUT2D eigenvalue weighted by atomic mass is 16.5. The number of nitrogens with two attached hydrogens (primary N) is 2. The Hall–Kier alpha value is -3.93. The van der Waals surface area contributed by atoms with E-state index in [1.165, 1.54) is 5.01 Å². The van der Waals surface area contributed by atoms with Gasteiger partial charge >= 0.3 is 6.09 Å². The third kappa shape index (κ3) is 11.6. The van der Waals surface area contributed by atoms with Crippen molar-refractivity contribution in [2.45, 2.75) is 58.9 Å². The number of para-hydroxylation sites is 1. The predicted octanol–water partition coefficient (Wildman–Crippen LogP) is 4.02. The van der Waals surface area contributed by atoms with E-state index in [4.69, 9.17) is 21.1 Å². The highest BCUT2D eigenvalue weighted by molar-refractivity contribution is 6.01. The number of anilines is 1. The molecular weight excluding hydrogens is 560 g/mol. The summed E-state index contributed by atoms with van der Waals surface area (Å²) < 4.78 is 10.3. The van der Waals surface area contributed by atoms with Crippen molar-refractivity contribution in [3.05, 3.63) is 65.2 Å². The van der Waals surface area contributed by atoms with E-state index in [0.29, 0.717) is 50.5 Å². The fourth-order valence-corrected chi connectivity index (χ4v) is 4.60. The van der Waals surface area contributed by atoms with Crippen molar-refractivity contribution >= 4 is 35.4 Å². The molecule has 0 atom stereocenters. The zero-order valence-electron chi connectivity index (χ0n) is 26.5. The molecule has 6 N–H and O–H groups in total. The number of aldehydes is 1. The second-order valence-corrected chi connectivity index (χ2v) is 10.3. The summed E-state index contributed by atoms with van der Waals surface area (Å²) in [5, 5.41) is 7.29. The van der Waals surface area contributed by atoms with E-state index in [1.807, 2.05) is 62.5 Å². The number of fused-ring (bicyclic) bond motifs is 2. The normalized spacial score (nSPS) is 13.8. The first-order valence-corrected chi connectivity index (χ1v) is 15.5. The lowest BCUT2D eigenvalue weighted by molar-refractivity contribution is -0.118. The third-order valence-corrected chi connectivity index (χ3v) is 6.86. The largest absolute Gasteiger partial charge is 0.448 e. The van der Waals surface area contributed by atoms with Crippen molar-refractivity contribution in [1.82, 2.24) is 15.6 Å². The lowest BCUT2D eigenvalue weighted by Gasteiger charge is -2.33. The molecule has 1 heterocycles. The minimum absolute atomic E-state index is 0.00178. The summed E-state index contributed by atoms with van der Waals surface area (Å²) in [5.41, 5.74) is 11.0. The number of rotatable bonds is 16. The van der Waals surface area contributed by atoms with Crippen molar-refractivity contribution in [2.24, 2.45) is 11.6 Å². The van der Waals surface area contributed by atoms with Crippen LogP contribution >= 0.6 is 0 Å². The van der Waals surface area contributed by atoms with Crippen LogP contribution < -0.4 is 27.1 Å². The Kier molecular flexibility index (Phi) is 17.2. The van der Waals surface area contributed by atoms with Gasteiger partial charge in [-0.05, 0) is 31.5 Å². The molecule has 0 bridgehead atoms. The van der Waals surface area contributed by atoms with Crippen LogP contribution in [0.4, 0.5) is 10.5 Å². The molecule has 11 nitrogen and oxygen atoms in total. The average molecular weight is 611 g/mol. The number of benzene rings is 2. The van der Waals surface area contributed by atoms with Gasteiger partial charge in [-0.1, -0.05) is 69.2 Å². The number of nitrogens with zero attached hydrogens (tertiary/aromatic N) is 2. The highest BCUT2D eigenvalue weighted by Crippen LogP contribution is 2.37. The van der Waals surface area contributed by atoms with E-state index < -0.39 is 6.09 Å². The van der Waals surface area contributed by atoms with Crippen molar-refractivity contribution in [1.29, 1.82) is 0 Å². The smallest absolute Gasteiger partial charge is 0.407 e. The number of alkyl carbamates (subject to hydrolysis) is 1. The minimum Gasteiger partial charge on any atom is -0.448 e. The molecule has 0 spiro atoms. The maximum Gasteiger partial charge on any atom is 0.407 e. The molecule has 44 heavy (non-hydrogen) atoms. The molecule has 0 saturated carbocycles. The number of hydrogen-bond acceptors (Lipinski definition) is 9. The zero-order chi connectivity index (χ0) is 32.2. The van der Waals surface area contributed by atoms with Gasteiger partial charge in [0.2, 0.25) is 5.91 Å². The van der Waals surface area contributed by atoms with E-state index in [0.717, 1.165) is 61.0 Å². The zero-order valence-corrected chi connectivity index (χ0v) is 26.5. The number of ether oxygens (including phenoxy) is 2. The van der Waals surface area contributed by atoms with Gasteiger partial charge < -0.3 is 40.5 Å². The SMILES string of the molecule is CCCCCNC(=O)OCCN(N)/C1=C(\N)c2ccccc2CN(C(=O)CCNC)c2ccccc21.CCCOCCC=O. The molecule has 1 aliphatic rings. The minimum atomic E-state index is -0.467. The van der Waals surface area contributed by atoms with Crippen molar-refractivity contribution in [3.8, 4) is 0 Å². The summed E-state index contributed by atoms with van der Waals surface area (Å²) >= 11 is 0.